The Hall–Kier alpha value is -2.33. The molecule has 3 atom stereocenters. The van der Waals surface area contributed by atoms with Crippen LogP contribution >= 0.6 is 7.82 Å². The Labute approximate surface area is 372 Å². The monoisotopic (exact) mass is 881 g/mol. The number of phosphoric ester groups is 1. The first-order chi connectivity index (χ1) is 29.7. The van der Waals surface area contributed by atoms with E-state index in [0.29, 0.717) is 12.8 Å². The van der Waals surface area contributed by atoms with Crippen LogP contribution in [0.15, 0.2) is 60.8 Å². The summed E-state index contributed by atoms with van der Waals surface area (Å²) in [5, 5.41) is 18.4. The number of aliphatic hydroxyl groups is 2. The van der Waals surface area contributed by atoms with E-state index >= 15 is 0 Å². The number of hydrogen-bond donors (Lipinski definition) is 3. The normalized spacial score (nSPS) is 14.2. The molecule has 10 nitrogen and oxygen atoms in total. The molecular weight excluding hydrogens is 792 g/mol. The van der Waals surface area contributed by atoms with Gasteiger partial charge < -0.3 is 24.6 Å². The fourth-order valence-electron chi connectivity index (χ4n) is 6.44. The zero-order chi connectivity index (χ0) is 44.8. The molecule has 0 aromatic carbocycles. The number of carbonyl (C=O) groups is 2. The summed E-state index contributed by atoms with van der Waals surface area (Å²) in [7, 11) is -4.64. The molecule has 61 heavy (non-hydrogen) atoms. The van der Waals surface area contributed by atoms with E-state index < -0.39 is 51.8 Å². The third-order valence-corrected chi connectivity index (χ3v) is 11.1. The first-order valence-corrected chi connectivity index (χ1v) is 25.7. The minimum Gasteiger partial charge on any atom is -0.462 e. The van der Waals surface area contributed by atoms with E-state index in [1.54, 1.807) is 0 Å². The van der Waals surface area contributed by atoms with Gasteiger partial charge in [-0.05, 0) is 77.0 Å². The predicted molar refractivity (Wildman–Crippen MR) is 251 cm³/mol. The molecular formula is C50H89O10P. The van der Waals surface area contributed by atoms with Crippen LogP contribution in [0.1, 0.15) is 206 Å². The van der Waals surface area contributed by atoms with Crippen LogP contribution < -0.4 is 0 Å². The number of unbranched alkanes of at least 4 members (excludes halogenated alkanes) is 21. The van der Waals surface area contributed by atoms with Crippen LogP contribution in [0, 0.1) is 0 Å². The summed E-state index contributed by atoms with van der Waals surface area (Å²) in [6.07, 6.45) is 52.1. The van der Waals surface area contributed by atoms with Gasteiger partial charge in [-0.2, -0.15) is 0 Å². The van der Waals surface area contributed by atoms with E-state index in [1.807, 2.05) is 0 Å². The van der Waals surface area contributed by atoms with Crippen molar-refractivity contribution in [1.29, 1.82) is 0 Å². The molecule has 0 heterocycles. The van der Waals surface area contributed by atoms with Crippen molar-refractivity contribution in [2.24, 2.45) is 0 Å². The lowest BCUT2D eigenvalue weighted by Crippen LogP contribution is -2.29. The maximum Gasteiger partial charge on any atom is 0.472 e. The van der Waals surface area contributed by atoms with Gasteiger partial charge >= 0.3 is 19.8 Å². The molecule has 0 rings (SSSR count). The van der Waals surface area contributed by atoms with Crippen molar-refractivity contribution in [3.05, 3.63) is 60.8 Å². The van der Waals surface area contributed by atoms with Gasteiger partial charge in [-0.1, -0.05) is 177 Å². The molecule has 0 aromatic heterocycles. The average molecular weight is 881 g/mol. The zero-order valence-corrected chi connectivity index (χ0v) is 39.5. The van der Waals surface area contributed by atoms with Crippen LogP contribution in [0.25, 0.3) is 0 Å². The third kappa shape index (κ3) is 45.5. The Morgan fingerprint density at radius 3 is 1.48 bits per heavy atom. The molecule has 0 fully saturated rings. The van der Waals surface area contributed by atoms with Gasteiger partial charge in [-0.25, -0.2) is 4.57 Å². The lowest BCUT2D eigenvalue weighted by Gasteiger charge is -2.20. The van der Waals surface area contributed by atoms with Crippen LogP contribution in [-0.4, -0.2) is 65.7 Å². The lowest BCUT2D eigenvalue weighted by molar-refractivity contribution is -0.161. The molecule has 0 aliphatic heterocycles. The van der Waals surface area contributed by atoms with Crippen molar-refractivity contribution in [2.75, 3.05) is 26.4 Å². The standard InChI is InChI=1S/C50H89O10P/c1-3-5-7-9-11-13-15-17-19-20-21-22-23-24-25-26-28-29-31-33-35-37-39-41-49(53)57-45-48(46-59-61(55,56)58-44-47(52)43-51)60-50(54)42-40-38-36-34-32-30-27-18-16-14-12-10-8-6-4-2/h6,8,12,14,18,26-28,33,35,47-48,51-52H,3-5,7,9-11,13,15-17,19-25,29-32,34,36-46H2,1-2H3,(H,55,56)/b8-6+,14-12+,27-18+,28-26+,35-33+/t47-,48+/m1/s1. The van der Waals surface area contributed by atoms with Gasteiger partial charge in [0.1, 0.15) is 12.7 Å². The van der Waals surface area contributed by atoms with Crippen molar-refractivity contribution >= 4 is 19.8 Å². The maximum absolute atomic E-state index is 12.6. The second-order valence-corrected chi connectivity index (χ2v) is 17.5. The van der Waals surface area contributed by atoms with Gasteiger partial charge in [0.2, 0.25) is 0 Å². The fraction of sp³-hybridized carbons (Fsp3) is 0.760. The number of esters is 2. The Kier molecular flexibility index (Phi) is 43.9. The van der Waals surface area contributed by atoms with Crippen molar-refractivity contribution in [1.82, 2.24) is 0 Å². The van der Waals surface area contributed by atoms with Crippen LogP contribution in [0.5, 0.6) is 0 Å². The van der Waals surface area contributed by atoms with Crippen LogP contribution in [0.3, 0.4) is 0 Å². The number of phosphoric acid groups is 1. The van der Waals surface area contributed by atoms with E-state index in [9.17, 15) is 24.2 Å². The molecule has 0 spiro atoms. The van der Waals surface area contributed by atoms with Crippen molar-refractivity contribution in [3.63, 3.8) is 0 Å². The molecule has 0 amide bonds. The van der Waals surface area contributed by atoms with Gasteiger partial charge in [0.05, 0.1) is 19.8 Å². The number of carbonyl (C=O) groups excluding carboxylic acids is 2. The zero-order valence-electron chi connectivity index (χ0n) is 38.6. The summed E-state index contributed by atoms with van der Waals surface area (Å²) in [5.41, 5.74) is 0. The third-order valence-electron chi connectivity index (χ3n) is 10.1. The summed E-state index contributed by atoms with van der Waals surface area (Å²) >= 11 is 0. The predicted octanol–water partition coefficient (Wildman–Crippen LogP) is 13.5. The molecule has 0 aliphatic rings. The smallest absolute Gasteiger partial charge is 0.462 e. The summed E-state index contributed by atoms with van der Waals surface area (Å²) in [4.78, 5) is 35.1. The summed E-state index contributed by atoms with van der Waals surface area (Å²) in [5.74, 6) is -0.994. The van der Waals surface area contributed by atoms with E-state index in [2.05, 4.69) is 74.6 Å². The number of hydrogen-bond acceptors (Lipinski definition) is 9. The highest BCUT2D eigenvalue weighted by molar-refractivity contribution is 7.47. The summed E-state index contributed by atoms with van der Waals surface area (Å²) in [6, 6.07) is 0. The van der Waals surface area contributed by atoms with Gasteiger partial charge in [-0.3, -0.25) is 18.6 Å². The minimum atomic E-state index is -4.64. The highest BCUT2D eigenvalue weighted by atomic mass is 31.2. The Bertz CT molecular complexity index is 1200. The summed E-state index contributed by atoms with van der Waals surface area (Å²) in [6.45, 7) is 2.22. The number of rotatable bonds is 45. The molecule has 11 heteroatoms. The second kappa shape index (κ2) is 45.7. The Balaban J connectivity index is 4.25. The SMILES string of the molecule is CC/C=C/C/C=C/C/C=C/CCCCCCCC(=O)O[C@@H](COC(=O)CCC/C=C/CC/C=C/CCCCCCCCCCCCCCCC)COP(=O)(O)OC[C@H](O)CO. The van der Waals surface area contributed by atoms with Crippen molar-refractivity contribution in [2.45, 2.75) is 219 Å². The van der Waals surface area contributed by atoms with E-state index in [0.717, 1.165) is 77.0 Å². The molecule has 0 bridgehead atoms. The highest BCUT2D eigenvalue weighted by Crippen LogP contribution is 2.43. The molecule has 3 N–H and O–H groups in total. The van der Waals surface area contributed by atoms with Crippen molar-refractivity contribution in [3.8, 4) is 0 Å². The van der Waals surface area contributed by atoms with Gasteiger partial charge in [0, 0.05) is 12.8 Å². The highest BCUT2D eigenvalue weighted by Gasteiger charge is 2.27. The second-order valence-electron chi connectivity index (χ2n) is 16.1. The molecule has 354 valence electrons. The molecule has 0 aromatic rings. The van der Waals surface area contributed by atoms with Crippen LogP contribution in [-0.2, 0) is 32.7 Å². The van der Waals surface area contributed by atoms with Crippen molar-refractivity contribution < 1.29 is 47.8 Å². The average Bonchev–Trinajstić information content (AvgIpc) is 3.25. The van der Waals surface area contributed by atoms with E-state index in [1.165, 1.54) is 89.9 Å². The largest absolute Gasteiger partial charge is 0.472 e. The van der Waals surface area contributed by atoms with Gasteiger partial charge in [0.25, 0.3) is 0 Å². The van der Waals surface area contributed by atoms with Gasteiger partial charge in [-0.15, -0.1) is 0 Å². The topological polar surface area (TPSA) is 149 Å². The van der Waals surface area contributed by atoms with E-state index in [-0.39, 0.29) is 19.4 Å². The molecule has 0 saturated heterocycles. The minimum absolute atomic E-state index is 0.155. The lowest BCUT2D eigenvalue weighted by atomic mass is 10.0. The molecule has 1 unspecified atom stereocenters. The fourth-order valence-corrected chi connectivity index (χ4v) is 7.23. The van der Waals surface area contributed by atoms with Gasteiger partial charge in [0.15, 0.2) is 6.10 Å². The first-order valence-electron chi connectivity index (χ1n) is 24.2. The first kappa shape index (κ1) is 58.7. The number of aliphatic hydroxyl groups excluding tert-OH is 2. The van der Waals surface area contributed by atoms with E-state index in [4.69, 9.17) is 23.6 Å². The Morgan fingerprint density at radius 1 is 0.508 bits per heavy atom. The van der Waals surface area contributed by atoms with Crippen LogP contribution in [0.2, 0.25) is 0 Å². The number of allylic oxidation sites excluding steroid dienone is 10. The van der Waals surface area contributed by atoms with Crippen LogP contribution in [0.4, 0.5) is 0 Å². The molecule has 0 radical (unpaired) electrons. The quantitative estimate of drug-likeness (QED) is 0.0233. The Morgan fingerprint density at radius 2 is 0.934 bits per heavy atom. The maximum atomic E-state index is 12.6. The molecule has 0 saturated carbocycles. The molecule has 0 aliphatic carbocycles. The number of ether oxygens (including phenoxy) is 2. The summed E-state index contributed by atoms with van der Waals surface area (Å²) < 4.78 is 32.7.